The number of nitrogens with one attached hydrogen (secondary N) is 2. The average Bonchev–Trinajstić information content (AvgIpc) is 3.25. The van der Waals surface area contributed by atoms with Gasteiger partial charge in [0.1, 0.15) is 6.61 Å². The van der Waals surface area contributed by atoms with Crippen LogP contribution in [0.25, 0.3) is 0 Å². The molecule has 9 heteroatoms. The van der Waals surface area contributed by atoms with Gasteiger partial charge in [0, 0.05) is 18.7 Å². The number of carbonyl (C=O) groups excluding carboxylic acids is 4. The summed E-state index contributed by atoms with van der Waals surface area (Å²) in [4.78, 5) is 52.1. The molecule has 0 aromatic heterocycles. The summed E-state index contributed by atoms with van der Waals surface area (Å²) in [7, 11) is 0. The predicted octanol–water partition coefficient (Wildman–Crippen LogP) is 2.76. The molecule has 2 heterocycles. The Morgan fingerprint density at radius 1 is 1.03 bits per heavy atom. The van der Waals surface area contributed by atoms with E-state index in [1.54, 1.807) is 36.1 Å². The lowest BCUT2D eigenvalue weighted by atomic mass is 9.95. The first-order valence-electron chi connectivity index (χ1n) is 11.4. The Morgan fingerprint density at radius 3 is 2.43 bits per heavy atom. The smallest absolute Gasteiger partial charge is 0.338 e. The Bertz CT molecular complexity index is 1160. The van der Waals surface area contributed by atoms with E-state index in [9.17, 15) is 19.2 Å². The van der Waals surface area contributed by atoms with Crippen LogP contribution in [0.4, 0.5) is 10.5 Å². The number of carbonyl (C=O) groups is 4. The number of anilines is 1. The molecular formula is C26H27N3O6. The van der Waals surface area contributed by atoms with Crippen molar-refractivity contribution in [3.8, 4) is 0 Å². The zero-order valence-electron chi connectivity index (χ0n) is 19.6. The molecule has 2 aromatic carbocycles. The van der Waals surface area contributed by atoms with E-state index in [1.165, 1.54) is 0 Å². The molecule has 1 saturated heterocycles. The number of hydrogen-bond acceptors (Lipinski definition) is 6. The number of esters is 2. The number of hydrogen-bond donors (Lipinski definition) is 2. The Hall–Kier alpha value is -4.14. The van der Waals surface area contributed by atoms with Gasteiger partial charge in [-0.25, -0.2) is 9.59 Å². The van der Waals surface area contributed by atoms with Crippen LogP contribution in [0.3, 0.4) is 0 Å². The lowest BCUT2D eigenvalue weighted by Gasteiger charge is -2.29. The first kappa shape index (κ1) is 24.0. The molecule has 0 spiro atoms. The fourth-order valence-electron chi connectivity index (χ4n) is 4.18. The van der Waals surface area contributed by atoms with E-state index in [-0.39, 0.29) is 43.4 Å². The molecule has 3 amide bonds. The van der Waals surface area contributed by atoms with Gasteiger partial charge in [-0.2, -0.15) is 0 Å². The minimum atomic E-state index is -0.761. The minimum Gasteiger partial charge on any atom is -0.463 e. The zero-order valence-corrected chi connectivity index (χ0v) is 19.6. The SMILES string of the molecule is CCOC(=O)C1=C(COC(=O)[C@@H]2CC(=O)N(c3ccc(C)cc3)C2)NC(=O)N[C@H]1c1ccccc1. The normalized spacial score (nSPS) is 19.8. The van der Waals surface area contributed by atoms with Crippen molar-refractivity contribution in [1.29, 1.82) is 0 Å². The highest BCUT2D eigenvalue weighted by atomic mass is 16.5. The number of urea groups is 1. The van der Waals surface area contributed by atoms with Crippen molar-refractivity contribution < 1.29 is 28.7 Å². The van der Waals surface area contributed by atoms with Crippen molar-refractivity contribution in [2.75, 3.05) is 24.7 Å². The molecule has 4 rings (SSSR count). The summed E-state index contributed by atoms with van der Waals surface area (Å²) < 4.78 is 10.7. The van der Waals surface area contributed by atoms with Gasteiger partial charge < -0.3 is 25.0 Å². The summed E-state index contributed by atoms with van der Waals surface area (Å²) in [5.74, 6) is -2.02. The van der Waals surface area contributed by atoms with Gasteiger partial charge in [-0.15, -0.1) is 0 Å². The molecule has 2 N–H and O–H groups in total. The van der Waals surface area contributed by atoms with Crippen LogP contribution < -0.4 is 15.5 Å². The molecule has 0 saturated carbocycles. The molecule has 35 heavy (non-hydrogen) atoms. The van der Waals surface area contributed by atoms with Crippen LogP contribution in [0.2, 0.25) is 0 Å². The highest BCUT2D eigenvalue weighted by Gasteiger charge is 2.38. The minimum absolute atomic E-state index is 0.0248. The fraction of sp³-hybridized carbons (Fsp3) is 0.308. The third kappa shape index (κ3) is 5.34. The summed E-state index contributed by atoms with van der Waals surface area (Å²) in [6.07, 6.45) is 0.0248. The summed E-state index contributed by atoms with van der Waals surface area (Å²) >= 11 is 0. The van der Waals surface area contributed by atoms with Gasteiger partial charge in [-0.1, -0.05) is 48.0 Å². The van der Waals surface area contributed by atoms with Crippen LogP contribution in [0.15, 0.2) is 65.9 Å². The van der Waals surface area contributed by atoms with E-state index < -0.39 is 29.9 Å². The zero-order chi connectivity index (χ0) is 24.9. The van der Waals surface area contributed by atoms with Crippen molar-refractivity contribution >= 4 is 29.6 Å². The van der Waals surface area contributed by atoms with E-state index in [1.807, 2.05) is 37.3 Å². The van der Waals surface area contributed by atoms with Gasteiger partial charge in [0.05, 0.1) is 29.8 Å². The van der Waals surface area contributed by atoms with Gasteiger partial charge in [0.25, 0.3) is 0 Å². The van der Waals surface area contributed by atoms with Gasteiger partial charge >= 0.3 is 18.0 Å². The van der Waals surface area contributed by atoms with Crippen LogP contribution in [0, 0.1) is 12.8 Å². The van der Waals surface area contributed by atoms with E-state index in [2.05, 4.69) is 10.6 Å². The van der Waals surface area contributed by atoms with Crippen LogP contribution in [-0.2, 0) is 23.9 Å². The molecule has 0 unspecified atom stereocenters. The van der Waals surface area contributed by atoms with Gasteiger partial charge in [0.15, 0.2) is 0 Å². The van der Waals surface area contributed by atoms with Gasteiger partial charge in [-0.05, 0) is 31.5 Å². The number of amides is 3. The molecule has 0 radical (unpaired) electrons. The lowest BCUT2D eigenvalue weighted by Crippen LogP contribution is -2.47. The van der Waals surface area contributed by atoms with Gasteiger partial charge in [-0.3, -0.25) is 9.59 Å². The predicted molar refractivity (Wildman–Crippen MR) is 127 cm³/mol. The van der Waals surface area contributed by atoms with Crippen molar-refractivity contribution in [2.24, 2.45) is 5.92 Å². The number of ether oxygens (including phenoxy) is 2. The van der Waals surface area contributed by atoms with E-state index >= 15 is 0 Å². The van der Waals surface area contributed by atoms with Gasteiger partial charge in [0.2, 0.25) is 5.91 Å². The largest absolute Gasteiger partial charge is 0.463 e. The summed E-state index contributed by atoms with van der Waals surface area (Å²) in [6, 6.07) is 15.2. The Kier molecular flexibility index (Phi) is 7.14. The van der Waals surface area contributed by atoms with Crippen molar-refractivity contribution in [1.82, 2.24) is 10.6 Å². The van der Waals surface area contributed by atoms with Crippen LogP contribution in [0.5, 0.6) is 0 Å². The molecule has 2 aliphatic rings. The second kappa shape index (κ2) is 10.4. The Balaban J connectivity index is 1.51. The first-order chi connectivity index (χ1) is 16.9. The number of nitrogens with zero attached hydrogens (tertiary/aromatic N) is 1. The molecule has 0 bridgehead atoms. The summed E-state index contributed by atoms with van der Waals surface area (Å²) in [6.45, 7) is 3.65. The third-order valence-corrected chi connectivity index (χ3v) is 5.94. The van der Waals surface area contributed by atoms with E-state index in [4.69, 9.17) is 9.47 Å². The molecule has 0 aliphatic carbocycles. The molecule has 2 aromatic rings. The summed E-state index contributed by atoms with van der Waals surface area (Å²) in [5.41, 5.74) is 2.78. The number of aryl methyl sites for hydroxylation is 1. The maximum Gasteiger partial charge on any atom is 0.338 e. The topological polar surface area (TPSA) is 114 Å². The second-order valence-corrected chi connectivity index (χ2v) is 8.40. The maximum absolute atomic E-state index is 12.8. The fourth-order valence-corrected chi connectivity index (χ4v) is 4.18. The van der Waals surface area contributed by atoms with Crippen molar-refractivity contribution in [3.63, 3.8) is 0 Å². The van der Waals surface area contributed by atoms with Crippen molar-refractivity contribution in [2.45, 2.75) is 26.3 Å². The van der Waals surface area contributed by atoms with E-state index in [0.29, 0.717) is 5.56 Å². The lowest BCUT2D eigenvalue weighted by molar-refractivity contribution is -0.147. The molecule has 1 fully saturated rings. The molecule has 2 atom stereocenters. The number of benzene rings is 2. The summed E-state index contributed by atoms with van der Waals surface area (Å²) in [5, 5.41) is 5.30. The van der Waals surface area contributed by atoms with Crippen LogP contribution >= 0.6 is 0 Å². The quantitative estimate of drug-likeness (QED) is 0.593. The van der Waals surface area contributed by atoms with Crippen LogP contribution in [-0.4, -0.2) is 43.6 Å². The third-order valence-electron chi connectivity index (χ3n) is 5.94. The highest BCUT2D eigenvalue weighted by Crippen LogP contribution is 2.29. The standard InChI is InChI=1S/C26H27N3O6/c1-3-34-25(32)22-20(27-26(33)28-23(22)17-7-5-4-6-8-17)15-35-24(31)18-13-21(30)29(14-18)19-11-9-16(2)10-12-19/h4-12,18,23H,3,13-15H2,1-2H3,(H2,27,28,33)/t18-,23+/m1/s1. The second-order valence-electron chi connectivity index (χ2n) is 8.40. The van der Waals surface area contributed by atoms with E-state index in [0.717, 1.165) is 11.3 Å². The molecular weight excluding hydrogens is 450 g/mol. The van der Waals surface area contributed by atoms with Crippen molar-refractivity contribution in [3.05, 3.63) is 77.0 Å². The first-order valence-corrected chi connectivity index (χ1v) is 11.4. The average molecular weight is 478 g/mol. The highest BCUT2D eigenvalue weighted by molar-refractivity contribution is 5.99. The molecule has 2 aliphatic heterocycles. The Morgan fingerprint density at radius 2 is 1.74 bits per heavy atom. The molecule has 9 nitrogen and oxygen atoms in total. The monoisotopic (exact) mass is 477 g/mol. The maximum atomic E-state index is 12.8. The Labute approximate surface area is 203 Å². The van der Waals surface area contributed by atoms with Crippen LogP contribution in [0.1, 0.15) is 30.5 Å². The number of rotatable bonds is 7. The molecule has 182 valence electrons.